The third kappa shape index (κ3) is 3.68. The Kier molecular flexibility index (Phi) is 4.05. The van der Waals surface area contributed by atoms with Crippen molar-refractivity contribution in [2.24, 2.45) is 0 Å². The summed E-state index contributed by atoms with van der Waals surface area (Å²) >= 11 is 0. The van der Waals surface area contributed by atoms with Crippen LogP contribution in [0.4, 0.5) is 5.69 Å². The normalized spacial score (nSPS) is 11.6. The molecule has 4 nitrogen and oxygen atoms in total. The number of para-hydroxylation sites is 1. The molecule has 1 heterocycles. The number of pyridine rings is 1. The minimum atomic E-state index is -3.50. The maximum atomic E-state index is 12.5. The molecule has 0 spiro atoms. The largest absolute Gasteiger partial charge is 0.281 e. The zero-order valence-corrected chi connectivity index (χ0v) is 13.9. The molecule has 0 aliphatic heterocycles. The van der Waals surface area contributed by atoms with Crippen molar-refractivity contribution >= 4 is 26.6 Å². The number of aromatic nitrogens is 1. The number of sulfonamides is 1. The third-order valence-corrected chi connectivity index (χ3v) is 4.81. The van der Waals surface area contributed by atoms with Crippen LogP contribution in [0.25, 0.3) is 10.9 Å². The van der Waals surface area contributed by atoms with E-state index in [1.807, 2.05) is 62.4 Å². The van der Waals surface area contributed by atoms with Gasteiger partial charge in [0.25, 0.3) is 0 Å². The Morgan fingerprint density at radius 1 is 1.00 bits per heavy atom. The van der Waals surface area contributed by atoms with Gasteiger partial charge in [-0.2, -0.15) is 0 Å². The van der Waals surface area contributed by atoms with Gasteiger partial charge in [-0.3, -0.25) is 9.71 Å². The molecule has 2 aromatic carbocycles. The van der Waals surface area contributed by atoms with E-state index in [9.17, 15) is 8.42 Å². The van der Waals surface area contributed by atoms with Crippen molar-refractivity contribution in [2.75, 3.05) is 4.72 Å². The summed E-state index contributed by atoms with van der Waals surface area (Å²) in [4.78, 5) is 4.45. The summed E-state index contributed by atoms with van der Waals surface area (Å²) < 4.78 is 27.6. The van der Waals surface area contributed by atoms with Crippen molar-refractivity contribution in [1.29, 1.82) is 0 Å². The maximum absolute atomic E-state index is 12.5. The van der Waals surface area contributed by atoms with Gasteiger partial charge >= 0.3 is 0 Å². The van der Waals surface area contributed by atoms with E-state index in [2.05, 4.69) is 9.71 Å². The van der Waals surface area contributed by atoms with Crippen LogP contribution in [-0.2, 0) is 15.8 Å². The van der Waals surface area contributed by atoms with Gasteiger partial charge in [0.2, 0.25) is 10.0 Å². The number of fused-ring (bicyclic) bond motifs is 1. The number of aryl methyl sites for hydroxylation is 2. The minimum absolute atomic E-state index is 0.0586. The second-order valence-electron chi connectivity index (χ2n) is 5.68. The lowest BCUT2D eigenvalue weighted by Crippen LogP contribution is -2.15. The first-order valence-electron chi connectivity index (χ1n) is 7.35. The van der Waals surface area contributed by atoms with Gasteiger partial charge in [0.05, 0.1) is 17.0 Å². The van der Waals surface area contributed by atoms with Crippen molar-refractivity contribution in [3.8, 4) is 0 Å². The quantitative estimate of drug-likeness (QED) is 0.793. The highest BCUT2D eigenvalue weighted by atomic mass is 32.2. The van der Waals surface area contributed by atoms with Crippen LogP contribution in [0.2, 0.25) is 0 Å². The molecule has 118 valence electrons. The third-order valence-electron chi connectivity index (χ3n) is 3.56. The molecule has 3 aromatic rings. The number of anilines is 1. The van der Waals surface area contributed by atoms with E-state index in [0.29, 0.717) is 11.2 Å². The van der Waals surface area contributed by atoms with Crippen LogP contribution in [0.3, 0.4) is 0 Å². The highest BCUT2D eigenvalue weighted by Crippen LogP contribution is 2.23. The predicted octanol–water partition coefficient (Wildman–Crippen LogP) is 3.79. The Bertz CT molecular complexity index is 966. The van der Waals surface area contributed by atoms with Crippen LogP contribution in [-0.4, -0.2) is 13.4 Å². The van der Waals surface area contributed by atoms with Gasteiger partial charge in [-0.1, -0.05) is 48.0 Å². The highest BCUT2D eigenvalue weighted by Gasteiger charge is 2.14. The van der Waals surface area contributed by atoms with Crippen LogP contribution >= 0.6 is 0 Å². The second-order valence-corrected chi connectivity index (χ2v) is 7.40. The van der Waals surface area contributed by atoms with Crippen molar-refractivity contribution < 1.29 is 8.42 Å². The summed E-state index contributed by atoms with van der Waals surface area (Å²) in [6.45, 7) is 3.83. The van der Waals surface area contributed by atoms with E-state index in [1.54, 1.807) is 6.07 Å². The molecule has 0 unspecified atom stereocenters. The van der Waals surface area contributed by atoms with Crippen molar-refractivity contribution in [3.05, 3.63) is 71.4 Å². The van der Waals surface area contributed by atoms with Gasteiger partial charge in [-0.15, -0.1) is 0 Å². The van der Waals surface area contributed by atoms with Crippen LogP contribution in [0, 0.1) is 13.8 Å². The first-order chi connectivity index (χ1) is 10.9. The summed E-state index contributed by atoms with van der Waals surface area (Å²) in [5, 5.41) is 0.909. The fraction of sp³-hybridized carbons (Fsp3) is 0.167. The van der Waals surface area contributed by atoms with Crippen LogP contribution in [0.1, 0.15) is 16.8 Å². The Balaban J connectivity index is 1.93. The molecule has 0 radical (unpaired) electrons. The minimum Gasteiger partial charge on any atom is -0.281 e. The molecule has 5 heteroatoms. The van der Waals surface area contributed by atoms with E-state index >= 15 is 0 Å². The van der Waals surface area contributed by atoms with E-state index in [0.717, 1.165) is 22.2 Å². The fourth-order valence-electron chi connectivity index (χ4n) is 2.55. The SMILES string of the molecule is Cc1cccc(CS(=O)(=O)Nc2cccc3ccc(C)nc23)c1. The number of benzene rings is 2. The predicted molar refractivity (Wildman–Crippen MR) is 93.9 cm³/mol. The molecular weight excluding hydrogens is 308 g/mol. The van der Waals surface area contributed by atoms with Gasteiger partial charge in [0.15, 0.2) is 0 Å². The summed E-state index contributed by atoms with van der Waals surface area (Å²) in [7, 11) is -3.50. The van der Waals surface area contributed by atoms with Gasteiger partial charge < -0.3 is 0 Å². The molecule has 1 N–H and O–H groups in total. The second kappa shape index (κ2) is 6.01. The van der Waals surface area contributed by atoms with Gasteiger partial charge in [-0.25, -0.2) is 8.42 Å². The average Bonchev–Trinajstić information content (AvgIpc) is 2.47. The van der Waals surface area contributed by atoms with Crippen LogP contribution in [0.15, 0.2) is 54.6 Å². The van der Waals surface area contributed by atoms with Crippen molar-refractivity contribution in [2.45, 2.75) is 19.6 Å². The Labute approximate surface area is 136 Å². The van der Waals surface area contributed by atoms with E-state index in [-0.39, 0.29) is 5.75 Å². The lowest BCUT2D eigenvalue weighted by atomic mass is 10.2. The Morgan fingerprint density at radius 2 is 1.78 bits per heavy atom. The van der Waals surface area contributed by atoms with Gasteiger partial charge in [0.1, 0.15) is 0 Å². The van der Waals surface area contributed by atoms with Crippen LogP contribution in [0.5, 0.6) is 0 Å². The highest BCUT2D eigenvalue weighted by molar-refractivity contribution is 7.91. The summed E-state index contributed by atoms with van der Waals surface area (Å²) in [6.07, 6.45) is 0. The first-order valence-corrected chi connectivity index (χ1v) is 9.01. The molecule has 0 bridgehead atoms. The summed E-state index contributed by atoms with van der Waals surface area (Å²) in [5.74, 6) is -0.0586. The zero-order chi connectivity index (χ0) is 16.4. The number of nitrogens with zero attached hydrogens (tertiary/aromatic N) is 1. The van der Waals surface area contributed by atoms with Gasteiger partial charge in [-0.05, 0) is 31.5 Å². The smallest absolute Gasteiger partial charge is 0.236 e. The molecule has 23 heavy (non-hydrogen) atoms. The molecule has 3 rings (SSSR count). The Hall–Kier alpha value is -2.40. The average molecular weight is 326 g/mol. The Morgan fingerprint density at radius 3 is 2.57 bits per heavy atom. The summed E-state index contributed by atoms with van der Waals surface area (Å²) in [6, 6.07) is 16.8. The monoisotopic (exact) mass is 326 g/mol. The number of hydrogen-bond acceptors (Lipinski definition) is 3. The molecule has 0 saturated carbocycles. The molecule has 0 saturated heterocycles. The maximum Gasteiger partial charge on any atom is 0.236 e. The number of rotatable bonds is 4. The fourth-order valence-corrected chi connectivity index (χ4v) is 3.74. The zero-order valence-electron chi connectivity index (χ0n) is 13.1. The molecule has 1 aromatic heterocycles. The first kappa shape index (κ1) is 15.5. The lowest BCUT2D eigenvalue weighted by molar-refractivity contribution is 0.600. The standard InChI is InChI=1S/C18H18N2O2S/c1-13-5-3-6-15(11-13)12-23(21,22)20-17-8-4-7-16-10-9-14(2)19-18(16)17/h3-11,20H,12H2,1-2H3. The van der Waals surface area contributed by atoms with E-state index in [1.165, 1.54) is 0 Å². The lowest BCUT2D eigenvalue weighted by Gasteiger charge is -2.11. The molecule has 0 amide bonds. The van der Waals surface area contributed by atoms with E-state index < -0.39 is 10.0 Å². The van der Waals surface area contributed by atoms with Crippen LogP contribution < -0.4 is 4.72 Å². The molecule has 0 fully saturated rings. The summed E-state index contributed by atoms with van der Waals surface area (Å²) in [5.41, 5.74) is 3.84. The number of hydrogen-bond donors (Lipinski definition) is 1. The molecular formula is C18H18N2O2S. The van der Waals surface area contributed by atoms with Crippen molar-refractivity contribution in [3.63, 3.8) is 0 Å². The molecule has 0 aliphatic carbocycles. The van der Waals surface area contributed by atoms with E-state index in [4.69, 9.17) is 0 Å². The molecule has 0 aliphatic rings. The topological polar surface area (TPSA) is 59.1 Å². The van der Waals surface area contributed by atoms with Gasteiger partial charge in [0, 0.05) is 11.1 Å². The molecule has 0 atom stereocenters. The number of nitrogens with one attached hydrogen (secondary N) is 1. The van der Waals surface area contributed by atoms with Crippen molar-refractivity contribution in [1.82, 2.24) is 4.98 Å².